The Morgan fingerprint density at radius 3 is 2.54 bits per heavy atom. The van der Waals surface area contributed by atoms with E-state index in [0.29, 0.717) is 36.7 Å². The van der Waals surface area contributed by atoms with Crippen LogP contribution >= 0.6 is 12.4 Å². The van der Waals surface area contributed by atoms with E-state index in [1.807, 2.05) is 0 Å². The number of ether oxygens (including phenoxy) is 1. The number of halogens is 1. The van der Waals surface area contributed by atoms with Gasteiger partial charge in [0, 0.05) is 25.1 Å². The molecule has 1 fully saturated rings. The van der Waals surface area contributed by atoms with Crippen molar-refractivity contribution in [2.75, 3.05) is 33.3 Å². The van der Waals surface area contributed by atoms with Crippen molar-refractivity contribution in [2.45, 2.75) is 19.3 Å². The van der Waals surface area contributed by atoms with Crippen LogP contribution in [0.2, 0.25) is 0 Å². The zero-order valence-electron chi connectivity index (χ0n) is 14.0. The van der Waals surface area contributed by atoms with Gasteiger partial charge in [0.05, 0.1) is 7.11 Å². The van der Waals surface area contributed by atoms with E-state index in [4.69, 9.17) is 4.74 Å². The van der Waals surface area contributed by atoms with Gasteiger partial charge in [-0.05, 0) is 56.1 Å². The number of amides is 2. The fraction of sp³-hybridized carbons (Fsp3) is 0.529. The van der Waals surface area contributed by atoms with Gasteiger partial charge in [0.1, 0.15) is 5.75 Å². The van der Waals surface area contributed by atoms with Crippen molar-refractivity contribution in [1.82, 2.24) is 16.0 Å². The topological polar surface area (TPSA) is 79.5 Å². The Balaban J connectivity index is 0.00000288. The smallest absolute Gasteiger partial charge is 0.251 e. The van der Waals surface area contributed by atoms with Gasteiger partial charge in [-0.1, -0.05) is 0 Å². The predicted molar refractivity (Wildman–Crippen MR) is 95.8 cm³/mol. The molecule has 1 aromatic rings. The minimum Gasteiger partial charge on any atom is -0.497 e. The average molecular weight is 356 g/mol. The Hall–Kier alpha value is -1.79. The first-order chi connectivity index (χ1) is 11.2. The van der Waals surface area contributed by atoms with E-state index in [0.717, 1.165) is 25.9 Å². The van der Waals surface area contributed by atoms with Gasteiger partial charge in [0.2, 0.25) is 5.91 Å². The lowest BCUT2D eigenvalue weighted by Crippen LogP contribution is -2.34. The van der Waals surface area contributed by atoms with Gasteiger partial charge in [-0.15, -0.1) is 12.4 Å². The molecular formula is C17H26ClN3O3. The van der Waals surface area contributed by atoms with Crippen molar-refractivity contribution in [3.05, 3.63) is 29.8 Å². The standard InChI is InChI=1S/C17H25N3O3.ClH/c1-23-15-5-3-14(4-6-15)17(22)20-11-10-19-16(21)7-2-13-8-9-18-12-13;/h3-6,13,18H,2,7-12H2,1H3,(H,19,21)(H,20,22);1H. The summed E-state index contributed by atoms with van der Waals surface area (Å²) < 4.78 is 5.05. The van der Waals surface area contributed by atoms with E-state index >= 15 is 0 Å². The second-order valence-electron chi connectivity index (χ2n) is 5.73. The molecule has 3 N–H and O–H groups in total. The lowest BCUT2D eigenvalue weighted by molar-refractivity contribution is -0.121. The largest absolute Gasteiger partial charge is 0.497 e. The Labute approximate surface area is 149 Å². The summed E-state index contributed by atoms with van der Waals surface area (Å²) in [6.07, 6.45) is 2.64. The molecule has 0 aromatic heterocycles. The van der Waals surface area contributed by atoms with Gasteiger partial charge in [0.15, 0.2) is 0 Å². The van der Waals surface area contributed by atoms with Crippen LogP contribution in [0.1, 0.15) is 29.6 Å². The molecule has 134 valence electrons. The van der Waals surface area contributed by atoms with E-state index in [1.165, 1.54) is 0 Å². The molecule has 1 aliphatic heterocycles. The van der Waals surface area contributed by atoms with E-state index < -0.39 is 0 Å². The van der Waals surface area contributed by atoms with Gasteiger partial charge in [-0.3, -0.25) is 9.59 Å². The second kappa shape index (κ2) is 10.9. The molecule has 1 atom stereocenters. The van der Waals surface area contributed by atoms with Gasteiger partial charge in [-0.25, -0.2) is 0 Å². The number of methoxy groups -OCH3 is 1. The molecule has 6 nitrogen and oxygen atoms in total. The van der Waals surface area contributed by atoms with Crippen LogP contribution in [0.3, 0.4) is 0 Å². The highest BCUT2D eigenvalue weighted by atomic mass is 35.5. The fourth-order valence-corrected chi connectivity index (χ4v) is 2.61. The summed E-state index contributed by atoms with van der Waals surface area (Å²) in [4.78, 5) is 23.6. The number of nitrogens with one attached hydrogen (secondary N) is 3. The lowest BCUT2D eigenvalue weighted by atomic mass is 10.0. The normalized spacial score (nSPS) is 16.1. The molecule has 1 heterocycles. The van der Waals surface area contributed by atoms with E-state index in [9.17, 15) is 9.59 Å². The lowest BCUT2D eigenvalue weighted by Gasteiger charge is -2.09. The van der Waals surface area contributed by atoms with Crippen LogP contribution in [-0.2, 0) is 4.79 Å². The third kappa shape index (κ3) is 6.76. The number of hydrogen-bond donors (Lipinski definition) is 3. The quantitative estimate of drug-likeness (QED) is 0.615. The number of carbonyl (C=O) groups excluding carboxylic acids is 2. The number of benzene rings is 1. The average Bonchev–Trinajstić information content (AvgIpc) is 3.10. The predicted octanol–water partition coefficient (Wildman–Crippen LogP) is 1.35. The summed E-state index contributed by atoms with van der Waals surface area (Å²) in [5.41, 5.74) is 0.575. The molecule has 0 saturated carbocycles. The second-order valence-corrected chi connectivity index (χ2v) is 5.73. The highest BCUT2D eigenvalue weighted by molar-refractivity contribution is 5.94. The Morgan fingerprint density at radius 1 is 1.21 bits per heavy atom. The highest BCUT2D eigenvalue weighted by Crippen LogP contribution is 2.13. The Kier molecular flexibility index (Phi) is 9.19. The minimum absolute atomic E-state index is 0. The van der Waals surface area contributed by atoms with Crippen LogP contribution in [0.15, 0.2) is 24.3 Å². The molecule has 7 heteroatoms. The van der Waals surface area contributed by atoms with E-state index in [1.54, 1.807) is 31.4 Å². The summed E-state index contributed by atoms with van der Waals surface area (Å²) in [7, 11) is 1.58. The molecule has 1 aliphatic rings. The van der Waals surface area contributed by atoms with Crippen molar-refractivity contribution >= 4 is 24.2 Å². The molecule has 1 saturated heterocycles. The van der Waals surface area contributed by atoms with Crippen molar-refractivity contribution < 1.29 is 14.3 Å². The number of carbonyl (C=O) groups is 2. The highest BCUT2D eigenvalue weighted by Gasteiger charge is 2.15. The summed E-state index contributed by atoms with van der Waals surface area (Å²) in [6, 6.07) is 6.91. The summed E-state index contributed by atoms with van der Waals surface area (Å²) in [5.74, 6) is 1.23. The molecule has 1 unspecified atom stereocenters. The zero-order chi connectivity index (χ0) is 16.5. The first-order valence-electron chi connectivity index (χ1n) is 8.08. The molecule has 0 spiro atoms. The maximum Gasteiger partial charge on any atom is 0.251 e. The number of rotatable bonds is 8. The Bertz CT molecular complexity index is 516. The van der Waals surface area contributed by atoms with Gasteiger partial charge in [0.25, 0.3) is 5.91 Å². The maximum atomic E-state index is 11.9. The van der Waals surface area contributed by atoms with Crippen molar-refractivity contribution in [1.29, 1.82) is 0 Å². The third-order valence-electron chi connectivity index (χ3n) is 4.03. The SMILES string of the molecule is COc1ccc(C(=O)NCCNC(=O)CCC2CCNC2)cc1.Cl. The van der Waals surface area contributed by atoms with Crippen LogP contribution in [0.5, 0.6) is 5.75 Å². The van der Waals surface area contributed by atoms with Crippen LogP contribution in [0.4, 0.5) is 0 Å². The first kappa shape index (κ1) is 20.3. The van der Waals surface area contributed by atoms with Crippen LogP contribution < -0.4 is 20.7 Å². The fourth-order valence-electron chi connectivity index (χ4n) is 2.61. The molecule has 0 radical (unpaired) electrons. The van der Waals surface area contributed by atoms with Crippen LogP contribution in [0, 0.1) is 5.92 Å². The minimum atomic E-state index is -0.154. The van der Waals surface area contributed by atoms with Gasteiger partial charge < -0.3 is 20.7 Å². The van der Waals surface area contributed by atoms with E-state index in [2.05, 4.69) is 16.0 Å². The maximum absolute atomic E-state index is 11.9. The molecular weight excluding hydrogens is 330 g/mol. The molecule has 24 heavy (non-hydrogen) atoms. The summed E-state index contributed by atoms with van der Waals surface area (Å²) in [6.45, 7) is 2.94. The van der Waals surface area contributed by atoms with Gasteiger partial charge in [-0.2, -0.15) is 0 Å². The van der Waals surface area contributed by atoms with Crippen molar-refractivity contribution in [3.8, 4) is 5.75 Å². The summed E-state index contributed by atoms with van der Waals surface area (Å²) >= 11 is 0. The molecule has 0 aliphatic carbocycles. The molecule has 0 bridgehead atoms. The van der Waals surface area contributed by atoms with Crippen LogP contribution in [-0.4, -0.2) is 45.1 Å². The van der Waals surface area contributed by atoms with E-state index in [-0.39, 0.29) is 24.2 Å². The molecule has 2 rings (SSSR count). The summed E-state index contributed by atoms with van der Waals surface area (Å²) in [5, 5.41) is 8.92. The molecule has 1 aromatic carbocycles. The van der Waals surface area contributed by atoms with Crippen LogP contribution in [0.25, 0.3) is 0 Å². The zero-order valence-corrected chi connectivity index (χ0v) is 14.8. The van der Waals surface area contributed by atoms with Crippen molar-refractivity contribution in [3.63, 3.8) is 0 Å². The van der Waals surface area contributed by atoms with Gasteiger partial charge >= 0.3 is 0 Å². The first-order valence-corrected chi connectivity index (χ1v) is 8.08. The number of hydrogen-bond acceptors (Lipinski definition) is 4. The molecule has 2 amide bonds. The third-order valence-corrected chi connectivity index (χ3v) is 4.03. The monoisotopic (exact) mass is 355 g/mol. The van der Waals surface area contributed by atoms with Crippen molar-refractivity contribution in [2.24, 2.45) is 5.92 Å². The Morgan fingerprint density at radius 2 is 1.92 bits per heavy atom.